The molecule has 0 aromatic carbocycles. The summed E-state index contributed by atoms with van der Waals surface area (Å²) in [6.45, 7) is 0. The van der Waals surface area contributed by atoms with Crippen molar-refractivity contribution in [3.63, 3.8) is 0 Å². The maximum atomic E-state index is 12.6. The number of halogens is 2. The second kappa shape index (κ2) is 3.72. The Morgan fingerprint density at radius 1 is 1.14 bits per heavy atom. The van der Waals surface area contributed by atoms with Crippen molar-refractivity contribution in [1.82, 2.24) is 9.97 Å². The van der Waals surface area contributed by atoms with Gasteiger partial charge in [0.25, 0.3) is 0 Å². The molecule has 0 aliphatic rings. The molecule has 0 radical (unpaired) electrons. The van der Waals surface area contributed by atoms with Crippen LogP contribution in [0.2, 0.25) is 5.02 Å². The van der Waals surface area contributed by atoms with Crippen molar-refractivity contribution < 1.29 is 4.39 Å². The highest BCUT2D eigenvalue weighted by Gasteiger charge is 2.04. The van der Waals surface area contributed by atoms with Gasteiger partial charge in [0.05, 0.1) is 16.9 Å². The van der Waals surface area contributed by atoms with Crippen molar-refractivity contribution in [2.24, 2.45) is 0 Å². The van der Waals surface area contributed by atoms with E-state index in [-0.39, 0.29) is 5.82 Å². The van der Waals surface area contributed by atoms with Crippen LogP contribution in [-0.4, -0.2) is 9.97 Å². The van der Waals surface area contributed by atoms with Gasteiger partial charge in [-0.2, -0.15) is 0 Å². The highest BCUT2D eigenvalue weighted by atomic mass is 35.5. The van der Waals surface area contributed by atoms with Crippen LogP contribution in [0.25, 0.3) is 11.4 Å². The van der Waals surface area contributed by atoms with Gasteiger partial charge in [-0.1, -0.05) is 11.6 Å². The SMILES string of the molecule is Fc1ccc(-c2ncccc2Cl)nc1. The maximum Gasteiger partial charge on any atom is 0.141 e. The highest BCUT2D eigenvalue weighted by Crippen LogP contribution is 2.22. The molecular weight excluding hydrogens is 203 g/mol. The quantitative estimate of drug-likeness (QED) is 0.720. The van der Waals surface area contributed by atoms with Crippen molar-refractivity contribution in [3.05, 3.63) is 47.5 Å². The summed E-state index contributed by atoms with van der Waals surface area (Å²) in [6, 6.07) is 6.32. The van der Waals surface area contributed by atoms with Crippen LogP contribution < -0.4 is 0 Å². The van der Waals surface area contributed by atoms with Gasteiger partial charge >= 0.3 is 0 Å². The van der Waals surface area contributed by atoms with Crippen LogP contribution in [0.5, 0.6) is 0 Å². The number of rotatable bonds is 1. The lowest BCUT2D eigenvalue weighted by atomic mass is 10.2. The molecule has 0 atom stereocenters. The third kappa shape index (κ3) is 1.72. The lowest BCUT2D eigenvalue weighted by Crippen LogP contribution is -1.88. The molecule has 14 heavy (non-hydrogen) atoms. The van der Waals surface area contributed by atoms with E-state index in [4.69, 9.17) is 11.6 Å². The maximum absolute atomic E-state index is 12.6. The van der Waals surface area contributed by atoms with Gasteiger partial charge in [-0.05, 0) is 24.3 Å². The van der Waals surface area contributed by atoms with Crippen LogP contribution in [0.1, 0.15) is 0 Å². The number of hydrogen-bond donors (Lipinski definition) is 0. The summed E-state index contributed by atoms with van der Waals surface area (Å²) in [7, 11) is 0. The van der Waals surface area contributed by atoms with Gasteiger partial charge in [0.2, 0.25) is 0 Å². The molecule has 0 aliphatic heterocycles. The third-order valence-electron chi connectivity index (χ3n) is 1.73. The van der Waals surface area contributed by atoms with E-state index < -0.39 is 0 Å². The normalized spacial score (nSPS) is 10.1. The van der Waals surface area contributed by atoms with E-state index in [0.29, 0.717) is 16.4 Å². The molecule has 0 aliphatic carbocycles. The number of nitrogens with zero attached hydrogens (tertiary/aromatic N) is 2. The minimum atomic E-state index is -0.374. The average Bonchev–Trinajstić information content (AvgIpc) is 2.20. The zero-order valence-electron chi connectivity index (χ0n) is 7.11. The van der Waals surface area contributed by atoms with Crippen LogP contribution >= 0.6 is 11.6 Å². The fourth-order valence-electron chi connectivity index (χ4n) is 1.09. The molecule has 0 bridgehead atoms. The first-order valence-electron chi connectivity index (χ1n) is 4.00. The van der Waals surface area contributed by atoms with E-state index in [1.165, 1.54) is 6.07 Å². The Kier molecular flexibility index (Phi) is 2.41. The van der Waals surface area contributed by atoms with E-state index >= 15 is 0 Å². The van der Waals surface area contributed by atoms with E-state index in [2.05, 4.69) is 9.97 Å². The molecule has 70 valence electrons. The van der Waals surface area contributed by atoms with E-state index in [1.807, 2.05) is 0 Å². The zero-order valence-corrected chi connectivity index (χ0v) is 7.87. The Morgan fingerprint density at radius 2 is 2.00 bits per heavy atom. The monoisotopic (exact) mass is 208 g/mol. The zero-order chi connectivity index (χ0) is 9.97. The van der Waals surface area contributed by atoms with Crippen LogP contribution in [-0.2, 0) is 0 Å². The second-order valence-corrected chi connectivity index (χ2v) is 3.10. The number of pyridine rings is 2. The number of aromatic nitrogens is 2. The van der Waals surface area contributed by atoms with Crippen molar-refractivity contribution >= 4 is 11.6 Å². The van der Waals surface area contributed by atoms with E-state index in [1.54, 1.807) is 24.4 Å². The molecule has 2 aromatic heterocycles. The Hall–Kier alpha value is -1.48. The molecule has 0 fully saturated rings. The smallest absolute Gasteiger partial charge is 0.141 e. The third-order valence-corrected chi connectivity index (χ3v) is 2.03. The Morgan fingerprint density at radius 3 is 2.64 bits per heavy atom. The lowest BCUT2D eigenvalue weighted by Gasteiger charge is -2.00. The van der Waals surface area contributed by atoms with E-state index in [0.717, 1.165) is 6.20 Å². The predicted octanol–water partition coefficient (Wildman–Crippen LogP) is 2.94. The van der Waals surface area contributed by atoms with Gasteiger partial charge < -0.3 is 0 Å². The first-order valence-corrected chi connectivity index (χ1v) is 4.37. The standard InChI is InChI=1S/C10H6ClFN2/c11-8-2-1-5-13-10(8)9-4-3-7(12)6-14-9/h1-6H. The van der Waals surface area contributed by atoms with Gasteiger partial charge in [0.1, 0.15) is 11.5 Å². The van der Waals surface area contributed by atoms with Crippen LogP contribution in [0.3, 0.4) is 0 Å². The molecule has 2 heterocycles. The summed E-state index contributed by atoms with van der Waals surface area (Å²) in [4.78, 5) is 7.95. The van der Waals surface area contributed by atoms with Crippen molar-refractivity contribution in [1.29, 1.82) is 0 Å². The molecule has 2 rings (SSSR count). The van der Waals surface area contributed by atoms with Gasteiger partial charge in [-0.15, -0.1) is 0 Å². The van der Waals surface area contributed by atoms with Gasteiger partial charge in [0, 0.05) is 6.20 Å². The molecule has 4 heteroatoms. The summed E-state index contributed by atoms with van der Waals surface area (Å²) in [6.07, 6.45) is 2.76. The summed E-state index contributed by atoms with van der Waals surface area (Å²) in [5.74, 6) is -0.374. The average molecular weight is 209 g/mol. The Bertz CT molecular complexity index is 442. The van der Waals surface area contributed by atoms with Gasteiger partial charge in [-0.3, -0.25) is 9.97 Å². The van der Waals surface area contributed by atoms with Crippen molar-refractivity contribution in [2.75, 3.05) is 0 Å². The minimum absolute atomic E-state index is 0.374. The largest absolute Gasteiger partial charge is 0.253 e. The summed E-state index contributed by atoms with van der Waals surface area (Å²) in [5.41, 5.74) is 1.13. The molecule has 0 unspecified atom stereocenters. The second-order valence-electron chi connectivity index (χ2n) is 2.70. The van der Waals surface area contributed by atoms with Crippen LogP contribution in [0.15, 0.2) is 36.7 Å². The molecule has 0 saturated carbocycles. The topological polar surface area (TPSA) is 25.8 Å². The Balaban J connectivity index is 2.50. The van der Waals surface area contributed by atoms with Crippen LogP contribution in [0.4, 0.5) is 4.39 Å². The van der Waals surface area contributed by atoms with E-state index in [9.17, 15) is 4.39 Å². The summed E-state index contributed by atoms with van der Waals surface area (Å²) < 4.78 is 12.6. The first kappa shape index (κ1) is 9.09. The van der Waals surface area contributed by atoms with Gasteiger partial charge in [-0.25, -0.2) is 4.39 Å². The molecule has 2 nitrogen and oxygen atoms in total. The summed E-state index contributed by atoms with van der Waals surface area (Å²) in [5, 5.41) is 0.506. The molecule has 0 spiro atoms. The first-order chi connectivity index (χ1) is 6.77. The van der Waals surface area contributed by atoms with Crippen molar-refractivity contribution in [2.45, 2.75) is 0 Å². The fraction of sp³-hybridized carbons (Fsp3) is 0. The molecular formula is C10H6ClFN2. The minimum Gasteiger partial charge on any atom is -0.253 e. The van der Waals surface area contributed by atoms with Crippen LogP contribution in [0, 0.1) is 5.82 Å². The predicted molar refractivity (Wildman–Crippen MR) is 52.4 cm³/mol. The fourth-order valence-corrected chi connectivity index (χ4v) is 1.31. The Labute approximate surface area is 85.4 Å². The number of hydrogen-bond acceptors (Lipinski definition) is 2. The molecule has 0 saturated heterocycles. The van der Waals surface area contributed by atoms with Crippen molar-refractivity contribution in [3.8, 4) is 11.4 Å². The summed E-state index contributed by atoms with van der Waals surface area (Å²) >= 11 is 5.90. The molecule has 2 aromatic rings. The highest BCUT2D eigenvalue weighted by molar-refractivity contribution is 6.32. The molecule has 0 N–H and O–H groups in total. The molecule has 0 amide bonds. The van der Waals surface area contributed by atoms with Gasteiger partial charge in [0.15, 0.2) is 0 Å². The lowest BCUT2D eigenvalue weighted by molar-refractivity contribution is 0.622.